The Morgan fingerprint density at radius 2 is 2.10 bits per heavy atom. The van der Waals surface area contributed by atoms with Gasteiger partial charge in [-0.3, -0.25) is 4.79 Å². The number of halogens is 2. The molecule has 0 saturated carbocycles. The number of benzene rings is 1. The zero-order chi connectivity index (χ0) is 15.6. The quantitative estimate of drug-likeness (QED) is 0.907. The van der Waals surface area contributed by atoms with Gasteiger partial charge in [0.2, 0.25) is 0 Å². The van der Waals surface area contributed by atoms with E-state index in [4.69, 9.17) is 5.11 Å². The van der Waals surface area contributed by atoms with Gasteiger partial charge in [0.25, 0.3) is 0 Å². The van der Waals surface area contributed by atoms with Gasteiger partial charge in [-0.25, -0.2) is 13.5 Å². The molecule has 1 aromatic heterocycles. The molecule has 0 aliphatic carbocycles. The summed E-state index contributed by atoms with van der Waals surface area (Å²) in [6, 6.07) is 3.24. The van der Waals surface area contributed by atoms with Crippen LogP contribution in [0, 0.1) is 17.0 Å². The van der Waals surface area contributed by atoms with Gasteiger partial charge < -0.3 is 5.11 Å². The maximum Gasteiger partial charge on any atom is 0.310 e. The maximum atomic E-state index is 13.6. The van der Waals surface area contributed by atoms with E-state index >= 15 is 0 Å². The Hall–Kier alpha value is -2.38. The van der Waals surface area contributed by atoms with Gasteiger partial charge >= 0.3 is 5.97 Å². The van der Waals surface area contributed by atoms with Crippen molar-refractivity contribution in [2.75, 3.05) is 0 Å². The summed E-state index contributed by atoms with van der Waals surface area (Å²) in [7, 11) is 0. The Balaban J connectivity index is 2.23. The van der Waals surface area contributed by atoms with Gasteiger partial charge in [-0.2, -0.15) is 0 Å². The standard InChI is InChI=1S/C13H14F2N4O2/c1-13(2,12(20)21)7-19-11(16-17-18-19)5-8-3-4-9(14)6-10(8)15/h3-4,6H,5,7H2,1-2H3,(H,20,21). The van der Waals surface area contributed by atoms with E-state index in [1.165, 1.54) is 10.7 Å². The zero-order valence-corrected chi connectivity index (χ0v) is 11.5. The summed E-state index contributed by atoms with van der Waals surface area (Å²) in [6.07, 6.45) is 0.0504. The minimum atomic E-state index is -1.06. The van der Waals surface area contributed by atoms with Crippen LogP contribution in [0.15, 0.2) is 18.2 Å². The Bertz CT molecular complexity index is 670. The van der Waals surface area contributed by atoms with E-state index in [-0.39, 0.29) is 18.5 Å². The Kier molecular flexibility index (Phi) is 3.97. The van der Waals surface area contributed by atoms with E-state index in [0.717, 1.165) is 12.1 Å². The fraction of sp³-hybridized carbons (Fsp3) is 0.385. The van der Waals surface area contributed by atoms with E-state index < -0.39 is 23.0 Å². The summed E-state index contributed by atoms with van der Waals surface area (Å²) in [5.41, 5.74) is -0.827. The molecule has 0 radical (unpaired) electrons. The van der Waals surface area contributed by atoms with Gasteiger partial charge in [0.05, 0.1) is 12.0 Å². The number of aliphatic carboxylic acids is 1. The third-order valence-electron chi connectivity index (χ3n) is 3.09. The average Bonchev–Trinajstić information content (AvgIpc) is 2.79. The number of tetrazole rings is 1. The monoisotopic (exact) mass is 296 g/mol. The lowest BCUT2D eigenvalue weighted by Gasteiger charge is -2.19. The Labute approximate surface area is 119 Å². The van der Waals surface area contributed by atoms with Crippen molar-refractivity contribution in [3.63, 3.8) is 0 Å². The first-order valence-corrected chi connectivity index (χ1v) is 6.22. The van der Waals surface area contributed by atoms with Crippen molar-refractivity contribution in [1.82, 2.24) is 20.2 Å². The molecule has 0 unspecified atom stereocenters. The predicted molar refractivity (Wildman–Crippen MR) is 68.4 cm³/mol. The third kappa shape index (κ3) is 3.39. The van der Waals surface area contributed by atoms with Crippen molar-refractivity contribution < 1.29 is 18.7 Å². The fourth-order valence-electron chi connectivity index (χ4n) is 1.75. The van der Waals surface area contributed by atoms with Crippen molar-refractivity contribution >= 4 is 5.97 Å². The van der Waals surface area contributed by atoms with E-state index in [1.807, 2.05) is 0 Å². The second-order valence-electron chi connectivity index (χ2n) is 5.35. The molecule has 0 aliphatic heterocycles. The Morgan fingerprint density at radius 3 is 2.71 bits per heavy atom. The number of nitrogens with zero attached hydrogens (tertiary/aromatic N) is 4. The lowest BCUT2D eigenvalue weighted by molar-refractivity contribution is -0.147. The summed E-state index contributed by atoms with van der Waals surface area (Å²) in [6.45, 7) is 3.13. The highest BCUT2D eigenvalue weighted by Crippen LogP contribution is 2.19. The summed E-state index contributed by atoms with van der Waals surface area (Å²) >= 11 is 0. The van der Waals surface area contributed by atoms with Crippen LogP contribution < -0.4 is 0 Å². The summed E-state index contributed by atoms with van der Waals surface area (Å²) in [5, 5.41) is 20.1. The second kappa shape index (κ2) is 5.55. The molecule has 0 spiro atoms. The molecule has 1 N–H and O–H groups in total. The van der Waals surface area contributed by atoms with Crippen LogP contribution in [0.25, 0.3) is 0 Å². The molecule has 2 rings (SSSR count). The lowest BCUT2D eigenvalue weighted by atomic mass is 9.94. The molecule has 0 bridgehead atoms. The van der Waals surface area contributed by atoms with Crippen LogP contribution in [0.3, 0.4) is 0 Å². The van der Waals surface area contributed by atoms with Crippen LogP contribution in [0.4, 0.5) is 8.78 Å². The molecular weight excluding hydrogens is 282 g/mol. The molecule has 112 valence electrons. The molecule has 0 saturated heterocycles. The minimum absolute atomic E-state index is 0.0491. The molecular formula is C13H14F2N4O2. The van der Waals surface area contributed by atoms with Crippen LogP contribution in [-0.2, 0) is 17.8 Å². The maximum absolute atomic E-state index is 13.6. The van der Waals surface area contributed by atoms with Crippen molar-refractivity contribution in [3.8, 4) is 0 Å². The largest absolute Gasteiger partial charge is 0.481 e. The van der Waals surface area contributed by atoms with E-state index in [9.17, 15) is 13.6 Å². The summed E-state index contributed by atoms with van der Waals surface area (Å²) in [4.78, 5) is 11.1. The molecule has 8 heteroatoms. The van der Waals surface area contributed by atoms with Crippen molar-refractivity contribution in [1.29, 1.82) is 0 Å². The molecule has 1 aromatic carbocycles. The van der Waals surface area contributed by atoms with Gasteiger partial charge in [-0.05, 0) is 35.9 Å². The molecule has 0 amide bonds. The van der Waals surface area contributed by atoms with Gasteiger partial charge in [-0.15, -0.1) is 5.10 Å². The van der Waals surface area contributed by atoms with Crippen LogP contribution >= 0.6 is 0 Å². The van der Waals surface area contributed by atoms with Crippen LogP contribution in [-0.4, -0.2) is 31.3 Å². The number of carboxylic acid groups (broad SMARTS) is 1. The number of carboxylic acids is 1. The van der Waals surface area contributed by atoms with Gasteiger partial charge in [0, 0.05) is 12.5 Å². The van der Waals surface area contributed by atoms with Crippen LogP contribution in [0.5, 0.6) is 0 Å². The van der Waals surface area contributed by atoms with Gasteiger partial charge in [0.1, 0.15) is 11.6 Å². The SMILES string of the molecule is CC(C)(Cn1nnnc1Cc1ccc(F)cc1F)C(=O)O. The molecule has 1 heterocycles. The highest BCUT2D eigenvalue weighted by Gasteiger charge is 2.29. The number of hydrogen-bond acceptors (Lipinski definition) is 4. The molecule has 0 aliphatic rings. The molecule has 2 aromatic rings. The number of hydrogen-bond donors (Lipinski definition) is 1. The first kappa shape index (κ1) is 15.0. The molecule has 21 heavy (non-hydrogen) atoms. The highest BCUT2D eigenvalue weighted by molar-refractivity contribution is 5.73. The second-order valence-corrected chi connectivity index (χ2v) is 5.35. The highest BCUT2D eigenvalue weighted by atomic mass is 19.1. The normalized spacial score (nSPS) is 11.6. The third-order valence-corrected chi connectivity index (χ3v) is 3.09. The average molecular weight is 296 g/mol. The topological polar surface area (TPSA) is 80.9 Å². The summed E-state index contributed by atoms with van der Waals surface area (Å²) in [5.74, 6) is -2.03. The van der Waals surface area contributed by atoms with Crippen LogP contribution in [0.2, 0.25) is 0 Å². The van der Waals surface area contributed by atoms with Crippen LogP contribution in [0.1, 0.15) is 25.2 Å². The van der Waals surface area contributed by atoms with Crippen molar-refractivity contribution in [3.05, 3.63) is 41.2 Å². The first-order valence-electron chi connectivity index (χ1n) is 6.22. The van der Waals surface area contributed by atoms with Gasteiger partial charge in [-0.1, -0.05) is 6.07 Å². The number of aromatic nitrogens is 4. The number of carbonyl (C=O) groups is 1. The molecule has 0 atom stereocenters. The zero-order valence-electron chi connectivity index (χ0n) is 11.5. The first-order chi connectivity index (χ1) is 9.79. The Morgan fingerprint density at radius 1 is 1.38 bits per heavy atom. The molecule has 6 nitrogen and oxygen atoms in total. The van der Waals surface area contributed by atoms with E-state index in [1.54, 1.807) is 13.8 Å². The van der Waals surface area contributed by atoms with Gasteiger partial charge in [0.15, 0.2) is 5.82 Å². The number of rotatable bonds is 5. The predicted octanol–water partition coefficient (Wildman–Crippen LogP) is 1.65. The fourth-order valence-corrected chi connectivity index (χ4v) is 1.75. The smallest absolute Gasteiger partial charge is 0.310 e. The molecule has 0 fully saturated rings. The van der Waals surface area contributed by atoms with Crippen molar-refractivity contribution in [2.24, 2.45) is 5.41 Å². The van der Waals surface area contributed by atoms with Crippen molar-refractivity contribution in [2.45, 2.75) is 26.8 Å². The van der Waals surface area contributed by atoms with E-state index in [0.29, 0.717) is 5.82 Å². The lowest BCUT2D eigenvalue weighted by Crippen LogP contribution is -2.30. The summed E-state index contributed by atoms with van der Waals surface area (Å²) < 4.78 is 27.8. The van der Waals surface area contributed by atoms with E-state index in [2.05, 4.69) is 15.5 Å². The minimum Gasteiger partial charge on any atom is -0.481 e.